The van der Waals surface area contributed by atoms with E-state index in [1.165, 1.54) is 6.42 Å². The lowest BCUT2D eigenvalue weighted by Gasteiger charge is -2.55. The summed E-state index contributed by atoms with van der Waals surface area (Å²) in [4.78, 5) is 26.0. The van der Waals surface area contributed by atoms with Gasteiger partial charge in [-0.1, -0.05) is 6.42 Å². The number of carbonyl (C=O) groups is 1. The molecule has 2 bridgehead atoms. The van der Waals surface area contributed by atoms with Gasteiger partial charge in [0, 0.05) is 50.1 Å². The third kappa shape index (κ3) is 3.15. The average molecular weight is 369 g/mol. The molecule has 1 saturated heterocycles. The number of imidazole rings is 1. The summed E-state index contributed by atoms with van der Waals surface area (Å²) in [7, 11) is 1.79. The number of hydrogen-bond donors (Lipinski definition) is 2. The number of rotatable bonds is 5. The Balaban J connectivity index is 1.64. The van der Waals surface area contributed by atoms with E-state index in [0.29, 0.717) is 17.5 Å². The van der Waals surface area contributed by atoms with Crippen LogP contribution in [0.5, 0.6) is 0 Å². The van der Waals surface area contributed by atoms with E-state index in [1.807, 2.05) is 25.3 Å². The molecule has 144 valence electrons. The Kier molecular flexibility index (Phi) is 4.74. The molecule has 27 heavy (non-hydrogen) atoms. The first-order valence-corrected chi connectivity index (χ1v) is 9.57. The number of aromatic nitrogens is 3. The molecule has 0 spiro atoms. The fourth-order valence-corrected chi connectivity index (χ4v) is 5.14. The molecule has 0 unspecified atom stereocenters. The van der Waals surface area contributed by atoms with Gasteiger partial charge in [0.2, 0.25) is 0 Å². The van der Waals surface area contributed by atoms with Crippen LogP contribution in [0.3, 0.4) is 0 Å². The summed E-state index contributed by atoms with van der Waals surface area (Å²) >= 11 is 0. The van der Waals surface area contributed by atoms with Gasteiger partial charge in [-0.2, -0.15) is 0 Å². The van der Waals surface area contributed by atoms with Crippen LogP contribution in [-0.4, -0.2) is 46.0 Å². The first-order valence-electron chi connectivity index (χ1n) is 9.57. The minimum absolute atomic E-state index is 0.301. The van der Waals surface area contributed by atoms with Crippen LogP contribution in [0.2, 0.25) is 0 Å². The molecule has 2 aliphatic rings. The predicted octanol–water partition coefficient (Wildman–Crippen LogP) is 1.99. The smallest absolute Gasteiger partial charge is 0.267 e. The molecule has 1 amide bonds. The molecule has 2 fully saturated rings. The number of piperidine rings is 1. The summed E-state index contributed by atoms with van der Waals surface area (Å²) in [5, 5.41) is 0. The van der Waals surface area contributed by atoms with E-state index in [2.05, 4.69) is 19.9 Å². The molecule has 1 saturated carbocycles. The Morgan fingerprint density at radius 3 is 2.70 bits per heavy atom. The quantitative estimate of drug-likeness (QED) is 0.840. The first-order chi connectivity index (χ1) is 13.0. The molecule has 0 radical (unpaired) electrons. The number of nitrogens with one attached hydrogen (secondary N) is 1. The highest BCUT2D eigenvalue weighted by atomic mass is 16.5. The standard InChI is InChI=1S/C20H27N5O2/c1-13-9-23-18(24-13)12-25-10-15-4-3-5-16(11-25)20(15,27-2)14-6-7-22-17(8-14)19(21)26/h6-9,15-16H,3-5,10-12H2,1-2H3,(H2,21,26)(H,23,24)/t15-,16+,20-. The Bertz CT molecular complexity index is 819. The number of primary amides is 1. The number of carbonyl (C=O) groups excluding carboxylic acids is 1. The van der Waals surface area contributed by atoms with Crippen molar-refractivity contribution in [1.82, 2.24) is 19.9 Å². The number of ether oxygens (including phenoxy) is 1. The number of aryl methyl sites for hydroxylation is 1. The molecule has 4 rings (SSSR count). The maximum absolute atomic E-state index is 11.6. The average Bonchev–Trinajstić information content (AvgIpc) is 3.06. The van der Waals surface area contributed by atoms with Gasteiger partial charge in [0.1, 0.15) is 17.1 Å². The van der Waals surface area contributed by atoms with Crippen molar-refractivity contribution in [3.05, 3.63) is 47.3 Å². The molecule has 2 aromatic rings. The summed E-state index contributed by atoms with van der Waals surface area (Å²) in [6.45, 7) is 4.73. The van der Waals surface area contributed by atoms with Gasteiger partial charge in [-0.15, -0.1) is 0 Å². The summed E-state index contributed by atoms with van der Waals surface area (Å²) in [6.07, 6.45) is 6.96. The normalized spacial score (nSPS) is 28.2. The molecule has 0 aromatic carbocycles. The van der Waals surface area contributed by atoms with E-state index in [4.69, 9.17) is 10.5 Å². The van der Waals surface area contributed by atoms with E-state index in [-0.39, 0.29) is 5.60 Å². The van der Waals surface area contributed by atoms with Gasteiger partial charge >= 0.3 is 0 Å². The van der Waals surface area contributed by atoms with Gasteiger partial charge in [0.25, 0.3) is 5.91 Å². The molecule has 3 atom stereocenters. The molecular weight excluding hydrogens is 342 g/mol. The maximum atomic E-state index is 11.6. The maximum Gasteiger partial charge on any atom is 0.267 e. The fourth-order valence-electron chi connectivity index (χ4n) is 5.14. The summed E-state index contributed by atoms with van der Waals surface area (Å²) in [6, 6.07) is 3.80. The minimum atomic E-state index is -0.501. The topological polar surface area (TPSA) is 97.1 Å². The van der Waals surface area contributed by atoms with Crippen LogP contribution in [0, 0.1) is 18.8 Å². The Labute approximate surface area is 159 Å². The molecular formula is C20H27N5O2. The van der Waals surface area contributed by atoms with Crippen molar-refractivity contribution in [2.75, 3.05) is 20.2 Å². The SMILES string of the molecule is CO[C@]1(c2ccnc(C(N)=O)c2)[C@@H]2CCC[C@H]1CN(Cc1ncc(C)[nH]1)C2. The van der Waals surface area contributed by atoms with E-state index in [9.17, 15) is 4.79 Å². The van der Waals surface area contributed by atoms with Crippen molar-refractivity contribution >= 4 is 5.91 Å². The van der Waals surface area contributed by atoms with Crippen LogP contribution in [-0.2, 0) is 16.9 Å². The van der Waals surface area contributed by atoms with E-state index < -0.39 is 5.91 Å². The largest absolute Gasteiger partial charge is 0.373 e. The second kappa shape index (κ2) is 7.05. The van der Waals surface area contributed by atoms with Crippen molar-refractivity contribution < 1.29 is 9.53 Å². The second-order valence-electron chi connectivity index (χ2n) is 7.82. The third-order valence-corrected chi connectivity index (χ3v) is 6.21. The zero-order chi connectivity index (χ0) is 19.0. The number of fused-ring (bicyclic) bond motifs is 2. The van der Waals surface area contributed by atoms with Gasteiger partial charge in [-0.05, 0) is 37.5 Å². The Morgan fingerprint density at radius 2 is 2.11 bits per heavy atom. The molecule has 7 nitrogen and oxygen atoms in total. The molecule has 1 aliphatic heterocycles. The molecule has 1 aliphatic carbocycles. The van der Waals surface area contributed by atoms with Gasteiger partial charge in [0.15, 0.2) is 0 Å². The molecule has 3 heterocycles. The highest BCUT2D eigenvalue weighted by Crippen LogP contribution is 2.51. The van der Waals surface area contributed by atoms with E-state index >= 15 is 0 Å². The lowest BCUT2D eigenvalue weighted by molar-refractivity contribution is -0.170. The highest BCUT2D eigenvalue weighted by molar-refractivity contribution is 5.90. The Hall–Kier alpha value is -2.25. The summed E-state index contributed by atoms with van der Waals surface area (Å²) in [5.74, 6) is 1.22. The molecule has 3 N–H and O–H groups in total. The summed E-state index contributed by atoms with van der Waals surface area (Å²) < 4.78 is 6.24. The summed E-state index contributed by atoms with van der Waals surface area (Å²) in [5.41, 5.74) is 7.49. The lowest BCUT2D eigenvalue weighted by Crippen LogP contribution is -2.58. The van der Waals surface area contributed by atoms with Crippen LogP contribution in [0.1, 0.15) is 46.8 Å². The number of pyridine rings is 1. The number of likely N-dealkylation sites (tertiary alicyclic amines) is 1. The number of methoxy groups -OCH3 is 1. The second-order valence-corrected chi connectivity index (χ2v) is 7.82. The van der Waals surface area contributed by atoms with Crippen molar-refractivity contribution in [2.24, 2.45) is 17.6 Å². The van der Waals surface area contributed by atoms with Gasteiger partial charge < -0.3 is 15.5 Å². The predicted molar refractivity (Wildman–Crippen MR) is 101 cm³/mol. The van der Waals surface area contributed by atoms with Crippen molar-refractivity contribution in [2.45, 2.75) is 38.3 Å². The lowest BCUT2D eigenvalue weighted by atomic mass is 9.62. The first kappa shape index (κ1) is 18.1. The minimum Gasteiger partial charge on any atom is -0.373 e. The number of hydrogen-bond acceptors (Lipinski definition) is 5. The van der Waals surface area contributed by atoms with Gasteiger partial charge in [-0.3, -0.25) is 14.7 Å². The number of aromatic amines is 1. The molecule has 2 aromatic heterocycles. The number of nitrogens with zero attached hydrogens (tertiary/aromatic N) is 3. The van der Waals surface area contributed by atoms with E-state index in [1.54, 1.807) is 13.3 Å². The van der Waals surface area contributed by atoms with Crippen molar-refractivity contribution in [3.8, 4) is 0 Å². The monoisotopic (exact) mass is 369 g/mol. The highest BCUT2D eigenvalue weighted by Gasteiger charge is 2.53. The van der Waals surface area contributed by atoms with Crippen molar-refractivity contribution in [3.63, 3.8) is 0 Å². The van der Waals surface area contributed by atoms with Crippen molar-refractivity contribution in [1.29, 1.82) is 0 Å². The van der Waals surface area contributed by atoms with Crippen LogP contribution in [0.25, 0.3) is 0 Å². The van der Waals surface area contributed by atoms with Crippen LogP contribution in [0.4, 0.5) is 0 Å². The number of nitrogens with two attached hydrogens (primary N) is 1. The zero-order valence-electron chi connectivity index (χ0n) is 15.9. The van der Waals surface area contributed by atoms with Crippen LogP contribution in [0.15, 0.2) is 24.5 Å². The number of H-pyrrole nitrogens is 1. The third-order valence-electron chi connectivity index (χ3n) is 6.21. The van der Waals surface area contributed by atoms with Crippen LogP contribution >= 0.6 is 0 Å². The van der Waals surface area contributed by atoms with Gasteiger partial charge in [-0.25, -0.2) is 4.98 Å². The van der Waals surface area contributed by atoms with Crippen LogP contribution < -0.4 is 5.73 Å². The Morgan fingerprint density at radius 1 is 1.37 bits per heavy atom. The fraction of sp³-hybridized carbons (Fsp3) is 0.550. The number of amides is 1. The van der Waals surface area contributed by atoms with Gasteiger partial charge in [0.05, 0.1) is 6.54 Å². The van der Waals surface area contributed by atoms with E-state index in [0.717, 1.165) is 49.6 Å². The zero-order valence-corrected chi connectivity index (χ0v) is 15.9. The molecule has 7 heteroatoms.